The van der Waals surface area contributed by atoms with Crippen molar-refractivity contribution in [1.29, 1.82) is 0 Å². The lowest BCUT2D eigenvalue weighted by molar-refractivity contribution is 0.311. The van der Waals surface area contributed by atoms with E-state index in [1.807, 2.05) is 36.5 Å². The molecular weight excluding hydrogens is 427 g/mol. The van der Waals surface area contributed by atoms with Gasteiger partial charge in [-0.25, -0.2) is 0 Å². The van der Waals surface area contributed by atoms with E-state index < -0.39 is 0 Å². The van der Waals surface area contributed by atoms with Gasteiger partial charge in [-0.15, -0.1) is 24.0 Å². The molecule has 136 valence electrons. The molecule has 2 N–H and O–H groups in total. The number of rotatable bonds is 8. The molecule has 2 rings (SSSR count). The molecule has 5 nitrogen and oxygen atoms in total. The molecule has 0 aliphatic carbocycles. The van der Waals surface area contributed by atoms with Crippen LogP contribution in [0.2, 0.25) is 0 Å². The van der Waals surface area contributed by atoms with Gasteiger partial charge in [-0.05, 0) is 37.6 Å². The van der Waals surface area contributed by atoms with Crippen molar-refractivity contribution in [2.24, 2.45) is 4.99 Å². The fraction of sp³-hybridized carbons (Fsp3) is 0.368. The van der Waals surface area contributed by atoms with Gasteiger partial charge in [0.1, 0.15) is 5.75 Å². The molecule has 0 bridgehead atoms. The maximum Gasteiger partial charge on any atom is 0.190 e. The van der Waals surface area contributed by atoms with E-state index in [9.17, 15) is 0 Å². The molecule has 0 aliphatic heterocycles. The Hall–Kier alpha value is -1.83. The molecule has 0 unspecified atom stereocenters. The molecule has 1 heterocycles. The SMILES string of the molecule is CN=C(NCCCOc1ccc(C)cc1)NCCc1ccccn1.I. The zero-order valence-corrected chi connectivity index (χ0v) is 17.2. The van der Waals surface area contributed by atoms with E-state index in [4.69, 9.17) is 4.74 Å². The Morgan fingerprint density at radius 1 is 1.08 bits per heavy atom. The van der Waals surface area contributed by atoms with Crippen LogP contribution in [0.1, 0.15) is 17.7 Å². The number of nitrogens with one attached hydrogen (secondary N) is 2. The highest BCUT2D eigenvalue weighted by atomic mass is 127. The van der Waals surface area contributed by atoms with Crippen LogP contribution in [-0.4, -0.2) is 37.7 Å². The highest BCUT2D eigenvalue weighted by molar-refractivity contribution is 14.0. The number of aromatic nitrogens is 1. The topological polar surface area (TPSA) is 58.5 Å². The van der Waals surface area contributed by atoms with Gasteiger partial charge >= 0.3 is 0 Å². The molecule has 25 heavy (non-hydrogen) atoms. The molecule has 0 aliphatic rings. The van der Waals surface area contributed by atoms with Crippen molar-refractivity contribution in [3.63, 3.8) is 0 Å². The van der Waals surface area contributed by atoms with Gasteiger partial charge in [0.15, 0.2) is 5.96 Å². The molecular formula is C19H27IN4O. The summed E-state index contributed by atoms with van der Waals surface area (Å²) in [4.78, 5) is 8.52. The first-order valence-electron chi connectivity index (χ1n) is 8.32. The van der Waals surface area contributed by atoms with Gasteiger partial charge < -0.3 is 15.4 Å². The fourth-order valence-corrected chi connectivity index (χ4v) is 2.18. The fourth-order valence-electron chi connectivity index (χ4n) is 2.18. The second-order valence-corrected chi connectivity index (χ2v) is 5.51. The Balaban J connectivity index is 0.00000312. The van der Waals surface area contributed by atoms with Crippen molar-refractivity contribution < 1.29 is 4.74 Å². The number of pyridine rings is 1. The van der Waals surface area contributed by atoms with Crippen LogP contribution in [0.25, 0.3) is 0 Å². The lowest BCUT2D eigenvalue weighted by Crippen LogP contribution is -2.39. The highest BCUT2D eigenvalue weighted by Crippen LogP contribution is 2.11. The average molecular weight is 454 g/mol. The van der Waals surface area contributed by atoms with Gasteiger partial charge in [0.05, 0.1) is 6.61 Å². The third-order valence-corrected chi connectivity index (χ3v) is 3.53. The van der Waals surface area contributed by atoms with E-state index in [-0.39, 0.29) is 24.0 Å². The van der Waals surface area contributed by atoms with E-state index in [1.165, 1.54) is 5.56 Å². The zero-order chi connectivity index (χ0) is 17.0. The number of hydrogen-bond acceptors (Lipinski definition) is 3. The summed E-state index contributed by atoms with van der Waals surface area (Å²) in [5.41, 5.74) is 2.32. The van der Waals surface area contributed by atoms with Gasteiger partial charge in [0.2, 0.25) is 0 Å². The Kier molecular flexibility index (Phi) is 10.6. The molecule has 0 amide bonds. The van der Waals surface area contributed by atoms with Crippen LogP contribution in [0.4, 0.5) is 0 Å². The van der Waals surface area contributed by atoms with Gasteiger partial charge in [-0.1, -0.05) is 23.8 Å². The van der Waals surface area contributed by atoms with Crippen molar-refractivity contribution in [3.8, 4) is 5.75 Å². The molecule has 0 radical (unpaired) electrons. The number of hydrogen-bond donors (Lipinski definition) is 2. The van der Waals surface area contributed by atoms with Gasteiger partial charge in [0, 0.05) is 38.4 Å². The number of benzene rings is 1. The Morgan fingerprint density at radius 2 is 1.84 bits per heavy atom. The summed E-state index contributed by atoms with van der Waals surface area (Å²) < 4.78 is 5.71. The van der Waals surface area contributed by atoms with E-state index in [0.717, 1.165) is 43.3 Å². The van der Waals surface area contributed by atoms with Gasteiger partial charge in [0.25, 0.3) is 0 Å². The Bertz CT molecular complexity index is 617. The highest BCUT2D eigenvalue weighted by Gasteiger charge is 1.99. The monoisotopic (exact) mass is 454 g/mol. The van der Waals surface area contributed by atoms with Crippen molar-refractivity contribution in [2.45, 2.75) is 19.8 Å². The van der Waals surface area contributed by atoms with Crippen LogP contribution in [0.5, 0.6) is 5.75 Å². The first-order valence-corrected chi connectivity index (χ1v) is 8.32. The van der Waals surface area contributed by atoms with Crippen molar-refractivity contribution in [2.75, 3.05) is 26.7 Å². The number of halogens is 1. The summed E-state index contributed by atoms with van der Waals surface area (Å²) >= 11 is 0. The van der Waals surface area contributed by atoms with E-state index in [2.05, 4.69) is 39.7 Å². The Labute approximate surface area is 167 Å². The first kappa shape index (κ1) is 21.2. The molecule has 1 aromatic heterocycles. The summed E-state index contributed by atoms with van der Waals surface area (Å²) in [5, 5.41) is 6.58. The van der Waals surface area contributed by atoms with Crippen molar-refractivity contribution in [3.05, 3.63) is 59.9 Å². The van der Waals surface area contributed by atoms with Crippen LogP contribution in [0, 0.1) is 6.92 Å². The minimum absolute atomic E-state index is 0. The molecule has 0 atom stereocenters. The van der Waals surface area contributed by atoms with Crippen molar-refractivity contribution in [1.82, 2.24) is 15.6 Å². The number of aryl methyl sites for hydroxylation is 1. The molecule has 0 saturated heterocycles. The standard InChI is InChI=1S/C19H26N4O.HI/c1-16-7-9-18(10-8-16)24-15-5-13-22-19(20-2)23-14-11-17-6-3-4-12-21-17;/h3-4,6-10,12H,5,11,13-15H2,1-2H3,(H2,20,22,23);1H. The number of nitrogens with zero attached hydrogens (tertiary/aromatic N) is 2. The summed E-state index contributed by atoms with van der Waals surface area (Å²) in [6.07, 6.45) is 3.60. The third-order valence-electron chi connectivity index (χ3n) is 3.53. The average Bonchev–Trinajstić information content (AvgIpc) is 2.62. The first-order chi connectivity index (χ1) is 11.8. The quantitative estimate of drug-likeness (QED) is 0.279. The van der Waals surface area contributed by atoms with E-state index >= 15 is 0 Å². The molecule has 2 aromatic rings. The van der Waals surface area contributed by atoms with E-state index in [1.54, 1.807) is 7.05 Å². The second kappa shape index (κ2) is 12.5. The lowest BCUT2D eigenvalue weighted by Gasteiger charge is -2.12. The number of guanidine groups is 1. The lowest BCUT2D eigenvalue weighted by atomic mass is 10.2. The second-order valence-electron chi connectivity index (χ2n) is 5.51. The zero-order valence-electron chi connectivity index (χ0n) is 14.9. The number of ether oxygens (including phenoxy) is 1. The minimum atomic E-state index is 0. The summed E-state index contributed by atoms with van der Waals surface area (Å²) in [7, 11) is 1.78. The smallest absolute Gasteiger partial charge is 0.190 e. The maximum atomic E-state index is 5.71. The molecule has 6 heteroatoms. The minimum Gasteiger partial charge on any atom is -0.494 e. The van der Waals surface area contributed by atoms with Gasteiger partial charge in [-0.3, -0.25) is 9.98 Å². The third kappa shape index (κ3) is 8.72. The van der Waals surface area contributed by atoms with Crippen LogP contribution >= 0.6 is 24.0 Å². The van der Waals surface area contributed by atoms with E-state index in [0.29, 0.717) is 6.61 Å². The van der Waals surface area contributed by atoms with Gasteiger partial charge in [-0.2, -0.15) is 0 Å². The molecule has 0 saturated carbocycles. The van der Waals surface area contributed by atoms with Crippen LogP contribution in [0.15, 0.2) is 53.7 Å². The molecule has 0 spiro atoms. The Morgan fingerprint density at radius 3 is 2.52 bits per heavy atom. The maximum absolute atomic E-state index is 5.71. The predicted octanol–water partition coefficient (Wildman–Crippen LogP) is 3.18. The predicted molar refractivity (Wildman–Crippen MR) is 114 cm³/mol. The summed E-state index contributed by atoms with van der Waals surface area (Å²) in [5.74, 6) is 1.72. The molecule has 1 aromatic carbocycles. The van der Waals surface area contributed by atoms with Crippen LogP contribution in [0.3, 0.4) is 0 Å². The summed E-state index contributed by atoms with van der Waals surface area (Å²) in [6.45, 7) is 4.37. The molecule has 0 fully saturated rings. The van der Waals surface area contributed by atoms with Crippen molar-refractivity contribution >= 4 is 29.9 Å². The number of aliphatic imine (C=N–C) groups is 1. The van der Waals surface area contributed by atoms with Crippen LogP contribution in [-0.2, 0) is 6.42 Å². The summed E-state index contributed by atoms with van der Waals surface area (Å²) in [6, 6.07) is 14.1. The largest absolute Gasteiger partial charge is 0.494 e. The van der Waals surface area contributed by atoms with Crippen LogP contribution < -0.4 is 15.4 Å². The normalized spacial score (nSPS) is 10.7.